The van der Waals surface area contributed by atoms with Gasteiger partial charge in [0.1, 0.15) is 5.76 Å². The zero-order valence-electron chi connectivity index (χ0n) is 19.2. The number of aliphatic hydroxyl groups excluding tert-OH is 2. The minimum Gasteiger partial charge on any atom is -0.481 e. The Morgan fingerprint density at radius 2 is 1.87 bits per heavy atom. The Morgan fingerprint density at radius 1 is 1.16 bits per heavy atom. The number of esters is 1. The third-order valence-corrected chi connectivity index (χ3v) is 6.74. The van der Waals surface area contributed by atoms with Gasteiger partial charge < -0.3 is 20.1 Å². The van der Waals surface area contributed by atoms with Crippen LogP contribution in [0, 0.1) is 11.8 Å². The molecule has 0 saturated carbocycles. The highest BCUT2D eigenvalue weighted by molar-refractivity contribution is 8.03. The van der Waals surface area contributed by atoms with E-state index in [-0.39, 0.29) is 24.2 Å². The summed E-state index contributed by atoms with van der Waals surface area (Å²) in [5.41, 5.74) is 0. The van der Waals surface area contributed by atoms with E-state index < -0.39 is 18.2 Å². The van der Waals surface area contributed by atoms with Gasteiger partial charge in [0.25, 0.3) is 0 Å². The third-order valence-electron chi connectivity index (χ3n) is 5.43. The predicted molar refractivity (Wildman–Crippen MR) is 125 cm³/mol. The molecule has 4 atom stereocenters. The normalized spacial score (nSPS) is 20.9. The van der Waals surface area contributed by atoms with Gasteiger partial charge in [0, 0.05) is 23.7 Å². The molecule has 0 aliphatic heterocycles. The monoisotopic (exact) mass is 456 g/mol. The van der Waals surface area contributed by atoms with Gasteiger partial charge in [0.05, 0.1) is 18.1 Å². The Bertz CT molecular complexity index is 615. The van der Waals surface area contributed by atoms with E-state index >= 15 is 0 Å². The number of aliphatic hydroxyl groups is 2. The number of aliphatic carboxylic acids is 1. The average Bonchev–Trinajstić information content (AvgIpc) is 3.00. The highest BCUT2D eigenvalue weighted by Crippen LogP contribution is 2.41. The van der Waals surface area contributed by atoms with Crippen molar-refractivity contribution < 1.29 is 29.6 Å². The fourth-order valence-electron chi connectivity index (χ4n) is 3.46. The number of carbonyl (C=O) groups excluding carboxylic acids is 1. The second-order valence-electron chi connectivity index (χ2n) is 8.34. The van der Waals surface area contributed by atoms with Gasteiger partial charge >= 0.3 is 11.9 Å². The van der Waals surface area contributed by atoms with Crippen molar-refractivity contribution in [1.29, 1.82) is 0 Å². The Hall–Kier alpha value is -1.31. The average molecular weight is 457 g/mol. The molecule has 7 heteroatoms. The molecule has 0 radical (unpaired) electrons. The number of hydrogen-bond donors (Lipinski definition) is 3. The van der Waals surface area contributed by atoms with Crippen LogP contribution in [0.5, 0.6) is 0 Å². The molecule has 0 aromatic carbocycles. The molecule has 0 heterocycles. The molecule has 3 N–H and O–H groups in total. The van der Waals surface area contributed by atoms with E-state index in [9.17, 15) is 19.8 Å². The van der Waals surface area contributed by atoms with Crippen molar-refractivity contribution in [3.63, 3.8) is 0 Å². The molecule has 0 aromatic heterocycles. The smallest absolute Gasteiger partial charge is 0.310 e. The van der Waals surface area contributed by atoms with E-state index in [1.54, 1.807) is 24.8 Å². The first-order valence-electron chi connectivity index (χ1n) is 11.6. The van der Waals surface area contributed by atoms with Gasteiger partial charge in [-0.2, -0.15) is 0 Å². The van der Waals surface area contributed by atoms with Crippen molar-refractivity contribution in [1.82, 2.24) is 0 Å². The molecule has 1 unspecified atom stereocenters. The van der Waals surface area contributed by atoms with Crippen LogP contribution < -0.4 is 0 Å². The first-order chi connectivity index (χ1) is 14.8. The van der Waals surface area contributed by atoms with Crippen molar-refractivity contribution >= 4 is 23.7 Å². The molecule has 1 rings (SSSR count). The molecule has 0 fully saturated rings. The molecular weight excluding hydrogens is 416 g/mol. The van der Waals surface area contributed by atoms with Gasteiger partial charge in [-0.1, -0.05) is 58.6 Å². The van der Waals surface area contributed by atoms with E-state index in [0.717, 1.165) is 42.8 Å². The van der Waals surface area contributed by atoms with Crippen LogP contribution in [-0.2, 0) is 14.3 Å². The Kier molecular flexibility index (Phi) is 13.8. The van der Waals surface area contributed by atoms with Gasteiger partial charge in [-0.05, 0) is 31.4 Å². The minimum absolute atomic E-state index is 0.286. The number of hydrogen-bond acceptors (Lipinski definition) is 6. The molecule has 0 bridgehead atoms. The van der Waals surface area contributed by atoms with Crippen LogP contribution in [0.15, 0.2) is 22.8 Å². The zero-order chi connectivity index (χ0) is 23.2. The molecule has 1 aliphatic rings. The third kappa shape index (κ3) is 10.7. The lowest BCUT2D eigenvalue weighted by Crippen LogP contribution is -2.14. The number of carboxylic acids is 1. The van der Waals surface area contributed by atoms with E-state index in [4.69, 9.17) is 9.84 Å². The zero-order valence-corrected chi connectivity index (χ0v) is 20.0. The van der Waals surface area contributed by atoms with Crippen LogP contribution >= 0.6 is 11.8 Å². The molecule has 6 nitrogen and oxygen atoms in total. The number of carbonyl (C=O) groups is 2. The summed E-state index contributed by atoms with van der Waals surface area (Å²) in [6.07, 6.45) is 9.78. The minimum atomic E-state index is -0.776. The van der Waals surface area contributed by atoms with E-state index in [1.165, 1.54) is 0 Å². The second-order valence-corrected chi connectivity index (χ2v) is 9.48. The molecule has 31 heavy (non-hydrogen) atoms. The summed E-state index contributed by atoms with van der Waals surface area (Å²) in [7, 11) is 0. The van der Waals surface area contributed by atoms with Crippen molar-refractivity contribution in [2.45, 2.75) is 97.2 Å². The van der Waals surface area contributed by atoms with E-state index in [2.05, 4.69) is 6.92 Å². The number of carboxylic acid groups (broad SMARTS) is 1. The van der Waals surface area contributed by atoms with E-state index in [0.29, 0.717) is 31.4 Å². The highest BCUT2D eigenvalue weighted by Gasteiger charge is 2.34. The number of rotatable bonds is 16. The van der Waals surface area contributed by atoms with Crippen LogP contribution in [0.1, 0.15) is 85.0 Å². The Balaban J connectivity index is 2.76. The topological polar surface area (TPSA) is 104 Å². The lowest BCUT2D eigenvalue weighted by molar-refractivity contribution is -0.141. The van der Waals surface area contributed by atoms with Crippen LogP contribution in [0.4, 0.5) is 0 Å². The predicted octanol–water partition coefficient (Wildman–Crippen LogP) is 5.04. The van der Waals surface area contributed by atoms with Gasteiger partial charge in [-0.15, -0.1) is 11.8 Å². The summed E-state index contributed by atoms with van der Waals surface area (Å²) in [6, 6.07) is 0. The molecule has 1 aliphatic carbocycles. The van der Waals surface area contributed by atoms with Crippen molar-refractivity contribution in [2.24, 2.45) is 11.8 Å². The Labute approximate surface area is 191 Å². The van der Waals surface area contributed by atoms with Gasteiger partial charge in [0.15, 0.2) is 0 Å². The summed E-state index contributed by atoms with van der Waals surface area (Å²) < 4.78 is 5.56. The molecule has 0 spiro atoms. The molecule has 0 aromatic rings. The van der Waals surface area contributed by atoms with Gasteiger partial charge in [0.2, 0.25) is 0 Å². The maximum Gasteiger partial charge on any atom is 0.310 e. The summed E-state index contributed by atoms with van der Waals surface area (Å²) in [5, 5.41) is 29.8. The molecular formula is C24H40O6S. The summed E-state index contributed by atoms with van der Waals surface area (Å²) >= 11 is 1.56. The van der Waals surface area contributed by atoms with Crippen molar-refractivity contribution in [3.05, 3.63) is 22.8 Å². The largest absolute Gasteiger partial charge is 0.481 e. The quantitative estimate of drug-likeness (QED) is 0.170. The number of thioether (sulfide) groups is 1. The Morgan fingerprint density at radius 3 is 2.52 bits per heavy atom. The van der Waals surface area contributed by atoms with Crippen LogP contribution in [0.25, 0.3) is 0 Å². The van der Waals surface area contributed by atoms with Crippen LogP contribution in [-0.4, -0.2) is 45.2 Å². The fraction of sp³-hybridized carbons (Fsp3) is 0.750. The first kappa shape index (κ1) is 27.7. The van der Waals surface area contributed by atoms with Crippen LogP contribution in [0.2, 0.25) is 0 Å². The standard InChI is InChI=1S/C24H40O6S/c1-4-6-7-12-18(25)13-14-19-20(26)16-21(30-22(27)10-5-2)23(19)31-15-9-8-11-17(3)24(28)29/h13-14,17-20,25-26H,4-12,15-16H2,1-3H3,(H,28,29)/t17?,18-,19-,20+/m0/s1. The van der Waals surface area contributed by atoms with Gasteiger partial charge in [-0.25, -0.2) is 0 Å². The molecule has 0 saturated heterocycles. The first-order valence-corrected chi connectivity index (χ1v) is 12.6. The number of ether oxygens (including phenoxy) is 1. The second kappa shape index (κ2) is 15.5. The number of unbranched alkanes of at least 4 members (excludes halogenated alkanes) is 3. The van der Waals surface area contributed by atoms with Crippen molar-refractivity contribution in [2.75, 3.05) is 5.75 Å². The lowest BCUT2D eigenvalue weighted by Gasteiger charge is -2.15. The SMILES string of the molecule is CCCCC[C@H](O)C=C[C@@H]1C(SCCCCC(C)C(=O)O)=C(OC(=O)CCC)C[C@H]1O. The summed E-state index contributed by atoms with van der Waals surface area (Å²) in [6.45, 7) is 5.75. The maximum absolute atomic E-state index is 12.0. The van der Waals surface area contributed by atoms with Crippen LogP contribution in [0.3, 0.4) is 0 Å². The highest BCUT2D eigenvalue weighted by atomic mass is 32.2. The maximum atomic E-state index is 12.0. The molecule has 0 amide bonds. The lowest BCUT2D eigenvalue weighted by atomic mass is 10.0. The van der Waals surface area contributed by atoms with Gasteiger partial charge in [-0.3, -0.25) is 9.59 Å². The van der Waals surface area contributed by atoms with E-state index in [1.807, 2.05) is 13.0 Å². The summed E-state index contributed by atoms with van der Waals surface area (Å²) in [5.74, 6) is -0.428. The summed E-state index contributed by atoms with van der Waals surface area (Å²) in [4.78, 5) is 23.8. The fourth-order valence-corrected chi connectivity index (χ4v) is 4.74. The van der Waals surface area contributed by atoms with Crippen molar-refractivity contribution in [3.8, 4) is 0 Å². The molecule has 178 valence electrons.